The monoisotopic (exact) mass is 265 g/mol. The Hall–Kier alpha value is -2.16. The summed E-state index contributed by atoms with van der Waals surface area (Å²) in [6.45, 7) is 7.12. The number of aromatic nitrogens is 3. The maximum Gasteiger partial charge on any atom is 0.160 e. The van der Waals surface area contributed by atoms with E-state index in [2.05, 4.69) is 48.7 Å². The summed E-state index contributed by atoms with van der Waals surface area (Å²) < 4.78 is 2.24. The van der Waals surface area contributed by atoms with Crippen molar-refractivity contribution in [2.45, 2.75) is 33.7 Å². The summed E-state index contributed by atoms with van der Waals surface area (Å²) in [5, 5.41) is 0. The molecule has 0 aliphatic rings. The van der Waals surface area contributed by atoms with E-state index in [1.54, 1.807) is 0 Å². The van der Waals surface area contributed by atoms with Gasteiger partial charge in [0.2, 0.25) is 0 Å². The molecule has 0 N–H and O–H groups in total. The SMILES string of the molecule is CCc1nc2c(C)cc(C)nc2n1Cc1ccccc1. The summed E-state index contributed by atoms with van der Waals surface area (Å²) in [5.41, 5.74) is 5.56. The lowest BCUT2D eigenvalue weighted by atomic mass is 10.2. The van der Waals surface area contributed by atoms with Crippen LogP contribution in [0.2, 0.25) is 0 Å². The first kappa shape index (κ1) is 12.9. The molecule has 0 atom stereocenters. The Morgan fingerprint density at radius 3 is 2.50 bits per heavy atom. The molecule has 3 heteroatoms. The fourth-order valence-corrected chi connectivity index (χ4v) is 2.65. The van der Waals surface area contributed by atoms with E-state index in [1.165, 1.54) is 11.1 Å². The normalized spacial score (nSPS) is 11.2. The van der Waals surface area contributed by atoms with Gasteiger partial charge in [-0.05, 0) is 31.0 Å². The van der Waals surface area contributed by atoms with E-state index >= 15 is 0 Å². The summed E-state index contributed by atoms with van der Waals surface area (Å²) >= 11 is 0. The Morgan fingerprint density at radius 2 is 1.80 bits per heavy atom. The average Bonchev–Trinajstić information content (AvgIpc) is 2.78. The molecule has 0 bridgehead atoms. The summed E-state index contributed by atoms with van der Waals surface area (Å²) in [4.78, 5) is 9.47. The Balaban J connectivity index is 2.17. The second-order valence-electron chi connectivity index (χ2n) is 5.21. The van der Waals surface area contributed by atoms with Crippen molar-refractivity contribution >= 4 is 11.2 Å². The zero-order chi connectivity index (χ0) is 14.1. The highest BCUT2D eigenvalue weighted by Gasteiger charge is 2.13. The Morgan fingerprint density at radius 1 is 1.05 bits per heavy atom. The number of imidazole rings is 1. The van der Waals surface area contributed by atoms with E-state index in [9.17, 15) is 0 Å². The van der Waals surface area contributed by atoms with Gasteiger partial charge in [0.1, 0.15) is 11.3 Å². The van der Waals surface area contributed by atoms with Gasteiger partial charge in [0.05, 0.1) is 6.54 Å². The zero-order valence-electron chi connectivity index (χ0n) is 12.2. The first-order valence-corrected chi connectivity index (χ1v) is 7.06. The third-order valence-corrected chi connectivity index (χ3v) is 3.60. The highest BCUT2D eigenvalue weighted by molar-refractivity contribution is 5.76. The minimum Gasteiger partial charge on any atom is -0.308 e. The molecule has 3 rings (SSSR count). The van der Waals surface area contributed by atoms with Gasteiger partial charge < -0.3 is 4.57 Å². The number of hydrogen-bond donors (Lipinski definition) is 0. The van der Waals surface area contributed by atoms with Crippen molar-refractivity contribution in [2.24, 2.45) is 0 Å². The average molecular weight is 265 g/mol. The molecule has 0 unspecified atom stereocenters. The Bertz CT molecular complexity index is 742. The van der Waals surface area contributed by atoms with Crippen LogP contribution in [0.5, 0.6) is 0 Å². The second-order valence-corrected chi connectivity index (χ2v) is 5.21. The fraction of sp³-hybridized carbons (Fsp3) is 0.294. The van der Waals surface area contributed by atoms with Gasteiger partial charge in [0.15, 0.2) is 5.65 Å². The van der Waals surface area contributed by atoms with E-state index < -0.39 is 0 Å². The van der Waals surface area contributed by atoms with E-state index in [0.717, 1.165) is 35.6 Å². The molecule has 0 amide bonds. The lowest BCUT2D eigenvalue weighted by molar-refractivity contribution is 0.745. The topological polar surface area (TPSA) is 30.7 Å². The largest absolute Gasteiger partial charge is 0.308 e. The molecule has 102 valence electrons. The van der Waals surface area contributed by atoms with Gasteiger partial charge in [-0.15, -0.1) is 0 Å². The molecule has 0 aliphatic carbocycles. The standard InChI is InChI=1S/C17H19N3/c1-4-15-19-16-12(2)10-13(3)18-17(16)20(15)11-14-8-6-5-7-9-14/h5-10H,4,11H2,1-3H3. The number of pyridine rings is 1. The van der Waals surface area contributed by atoms with Gasteiger partial charge in [0, 0.05) is 12.1 Å². The molecule has 0 aliphatic heterocycles. The first-order chi connectivity index (χ1) is 9.69. The predicted octanol–water partition coefficient (Wildman–Crippen LogP) is 3.66. The number of rotatable bonds is 3. The minimum absolute atomic E-state index is 0.830. The van der Waals surface area contributed by atoms with Crippen molar-refractivity contribution in [3.05, 3.63) is 59.0 Å². The number of benzene rings is 1. The first-order valence-electron chi connectivity index (χ1n) is 7.06. The molecule has 0 spiro atoms. The number of aryl methyl sites for hydroxylation is 3. The van der Waals surface area contributed by atoms with Gasteiger partial charge in [-0.3, -0.25) is 0 Å². The lowest BCUT2D eigenvalue weighted by Gasteiger charge is -2.08. The summed E-state index contributed by atoms with van der Waals surface area (Å²) in [6, 6.07) is 12.6. The molecule has 3 nitrogen and oxygen atoms in total. The van der Waals surface area contributed by atoms with E-state index in [4.69, 9.17) is 9.97 Å². The molecule has 0 saturated carbocycles. The van der Waals surface area contributed by atoms with Crippen LogP contribution in [-0.2, 0) is 13.0 Å². The van der Waals surface area contributed by atoms with Crippen LogP contribution >= 0.6 is 0 Å². The Labute approximate surface area is 119 Å². The van der Waals surface area contributed by atoms with Crippen LogP contribution in [0, 0.1) is 13.8 Å². The molecule has 1 aromatic carbocycles. The molecular formula is C17H19N3. The fourth-order valence-electron chi connectivity index (χ4n) is 2.65. The predicted molar refractivity (Wildman–Crippen MR) is 81.9 cm³/mol. The van der Waals surface area contributed by atoms with Gasteiger partial charge >= 0.3 is 0 Å². The molecule has 2 heterocycles. The molecule has 0 radical (unpaired) electrons. The maximum absolute atomic E-state index is 4.77. The maximum atomic E-state index is 4.77. The quantitative estimate of drug-likeness (QED) is 0.723. The zero-order valence-corrected chi connectivity index (χ0v) is 12.2. The van der Waals surface area contributed by atoms with Crippen LogP contribution in [0.1, 0.15) is 29.6 Å². The number of fused-ring (bicyclic) bond motifs is 1. The minimum atomic E-state index is 0.830. The van der Waals surface area contributed by atoms with Gasteiger partial charge in [0.25, 0.3) is 0 Å². The van der Waals surface area contributed by atoms with Crippen LogP contribution in [0.3, 0.4) is 0 Å². The smallest absolute Gasteiger partial charge is 0.160 e. The molecule has 2 aromatic heterocycles. The molecule has 0 saturated heterocycles. The van der Waals surface area contributed by atoms with Crippen molar-refractivity contribution in [1.82, 2.24) is 14.5 Å². The molecular weight excluding hydrogens is 246 g/mol. The van der Waals surface area contributed by atoms with Gasteiger partial charge in [-0.25, -0.2) is 9.97 Å². The number of nitrogens with zero attached hydrogens (tertiary/aromatic N) is 3. The van der Waals surface area contributed by atoms with Crippen LogP contribution in [-0.4, -0.2) is 14.5 Å². The van der Waals surface area contributed by atoms with Crippen molar-refractivity contribution in [3.63, 3.8) is 0 Å². The molecule has 0 fully saturated rings. The third kappa shape index (κ3) is 2.20. The van der Waals surface area contributed by atoms with Crippen molar-refractivity contribution in [3.8, 4) is 0 Å². The van der Waals surface area contributed by atoms with E-state index in [1.807, 2.05) is 13.0 Å². The van der Waals surface area contributed by atoms with Crippen molar-refractivity contribution < 1.29 is 0 Å². The van der Waals surface area contributed by atoms with Crippen LogP contribution in [0.25, 0.3) is 11.2 Å². The lowest BCUT2D eigenvalue weighted by Crippen LogP contribution is -2.05. The van der Waals surface area contributed by atoms with Crippen LogP contribution in [0.15, 0.2) is 36.4 Å². The van der Waals surface area contributed by atoms with E-state index in [0.29, 0.717) is 0 Å². The van der Waals surface area contributed by atoms with Crippen LogP contribution in [0.4, 0.5) is 0 Å². The van der Waals surface area contributed by atoms with Gasteiger partial charge in [-0.2, -0.15) is 0 Å². The molecule has 20 heavy (non-hydrogen) atoms. The van der Waals surface area contributed by atoms with Crippen molar-refractivity contribution in [1.29, 1.82) is 0 Å². The highest BCUT2D eigenvalue weighted by Crippen LogP contribution is 2.20. The second kappa shape index (κ2) is 5.08. The van der Waals surface area contributed by atoms with Gasteiger partial charge in [-0.1, -0.05) is 37.3 Å². The Kier molecular flexibility index (Phi) is 3.26. The van der Waals surface area contributed by atoms with Crippen molar-refractivity contribution in [2.75, 3.05) is 0 Å². The van der Waals surface area contributed by atoms with E-state index in [-0.39, 0.29) is 0 Å². The summed E-state index contributed by atoms with van der Waals surface area (Å²) in [7, 11) is 0. The molecule has 3 aromatic rings. The third-order valence-electron chi connectivity index (χ3n) is 3.60. The summed E-state index contributed by atoms with van der Waals surface area (Å²) in [5.74, 6) is 1.10. The number of hydrogen-bond acceptors (Lipinski definition) is 2. The van der Waals surface area contributed by atoms with Crippen LogP contribution < -0.4 is 0 Å². The highest BCUT2D eigenvalue weighted by atomic mass is 15.1. The summed E-state index contributed by atoms with van der Waals surface area (Å²) in [6.07, 6.45) is 0.918.